The monoisotopic (exact) mass is 177 g/mol. The summed E-state index contributed by atoms with van der Waals surface area (Å²) < 4.78 is 9.15. The Labute approximate surface area is 71.9 Å². The molecule has 1 N–H and O–H groups in total. The van der Waals surface area contributed by atoms with Crippen molar-refractivity contribution in [2.24, 2.45) is 0 Å². The number of rotatable bonds is 7. The smallest absolute Gasteiger partial charge is 0.306 e. The molecule has 0 aliphatic heterocycles. The minimum atomic E-state index is -0.252. The summed E-state index contributed by atoms with van der Waals surface area (Å²) >= 11 is 0. The molecular formula is C7H15NO4. The van der Waals surface area contributed by atoms with Gasteiger partial charge in [0.05, 0.1) is 26.7 Å². The molecule has 0 spiro atoms. The summed E-state index contributed by atoms with van der Waals surface area (Å²) in [7, 11) is 2.95. The molecule has 12 heavy (non-hydrogen) atoms. The number of ether oxygens (including phenoxy) is 2. The van der Waals surface area contributed by atoms with Crippen LogP contribution in [-0.2, 0) is 19.1 Å². The van der Waals surface area contributed by atoms with E-state index in [4.69, 9.17) is 9.57 Å². The number of esters is 1. The number of hydrogen-bond donors (Lipinski definition) is 1. The first-order valence-electron chi connectivity index (χ1n) is 3.71. The second-order valence-electron chi connectivity index (χ2n) is 2.06. The number of carbonyl (C=O) groups excluding carboxylic acids is 1. The van der Waals surface area contributed by atoms with Crippen LogP contribution in [0.4, 0.5) is 0 Å². The van der Waals surface area contributed by atoms with E-state index in [0.29, 0.717) is 26.2 Å². The fraction of sp³-hybridized carbons (Fsp3) is 0.857. The Morgan fingerprint density at radius 1 is 1.33 bits per heavy atom. The van der Waals surface area contributed by atoms with Gasteiger partial charge in [0.2, 0.25) is 0 Å². The second kappa shape index (κ2) is 8.45. The molecule has 0 atom stereocenters. The molecule has 0 bridgehead atoms. The first kappa shape index (κ1) is 11.4. The largest absolute Gasteiger partial charge is 0.469 e. The van der Waals surface area contributed by atoms with Crippen molar-refractivity contribution >= 4 is 5.97 Å². The van der Waals surface area contributed by atoms with Crippen molar-refractivity contribution in [3.05, 3.63) is 0 Å². The highest BCUT2D eigenvalue weighted by Gasteiger charge is 1.97. The van der Waals surface area contributed by atoms with Gasteiger partial charge < -0.3 is 9.47 Å². The minimum absolute atomic E-state index is 0.252. The summed E-state index contributed by atoms with van der Waals surface area (Å²) in [4.78, 5) is 15.4. The lowest BCUT2D eigenvalue weighted by Crippen LogP contribution is -2.21. The maximum Gasteiger partial charge on any atom is 0.306 e. The Hall–Kier alpha value is -0.650. The van der Waals surface area contributed by atoms with E-state index in [1.165, 1.54) is 7.11 Å². The van der Waals surface area contributed by atoms with Crippen molar-refractivity contribution in [2.75, 3.05) is 34.0 Å². The van der Waals surface area contributed by atoms with Gasteiger partial charge in [-0.2, -0.15) is 0 Å². The van der Waals surface area contributed by atoms with Crippen molar-refractivity contribution in [3.8, 4) is 0 Å². The van der Waals surface area contributed by atoms with E-state index in [0.717, 1.165) is 0 Å². The second-order valence-corrected chi connectivity index (χ2v) is 2.06. The third-order valence-electron chi connectivity index (χ3n) is 1.15. The average molecular weight is 177 g/mol. The third kappa shape index (κ3) is 7.46. The van der Waals surface area contributed by atoms with E-state index in [1.807, 2.05) is 0 Å². The molecule has 0 amide bonds. The van der Waals surface area contributed by atoms with E-state index >= 15 is 0 Å². The molecule has 72 valence electrons. The Balaban J connectivity index is 2.95. The molecule has 0 aromatic carbocycles. The Bertz CT molecular complexity index is 118. The molecule has 5 nitrogen and oxygen atoms in total. The van der Waals surface area contributed by atoms with Gasteiger partial charge >= 0.3 is 5.97 Å². The molecule has 0 aliphatic carbocycles. The summed E-state index contributed by atoms with van der Waals surface area (Å²) in [5.41, 5.74) is 2.60. The quantitative estimate of drug-likeness (QED) is 0.329. The van der Waals surface area contributed by atoms with Gasteiger partial charge in [-0.05, 0) is 0 Å². The normalized spacial score (nSPS) is 9.83. The van der Waals surface area contributed by atoms with Gasteiger partial charge in [-0.3, -0.25) is 9.63 Å². The predicted molar refractivity (Wildman–Crippen MR) is 42.5 cm³/mol. The molecule has 0 aliphatic rings. The Morgan fingerprint density at radius 2 is 2.08 bits per heavy atom. The van der Waals surface area contributed by atoms with Crippen LogP contribution in [-0.4, -0.2) is 39.9 Å². The zero-order valence-electron chi connectivity index (χ0n) is 7.46. The number of methoxy groups -OCH3 is 2. The van der Waals surface area contributed by atoms with Gasteiger partial charge in [0.25, 0.3) is 0 Å². The number of carbonyl (C=O) groups is 1. The highest BCUT2D eigenvalue weighted by Crippen LogP contribution is 1.81. The van der Waals surface area contributed by atoms with E-state index in [2.05, 4.69) is 10.2 Å². The van der Waals surface area contributed by atoms with Crippen molar-refractivity contribution < 1.29 is 19.1 Å². The molecule has 0 aromatic rings. The van der Waals surface area contributed by atoms with Crippen LogP contribution >= 0.6 is 0 Å². The number of nitrogens with one attached hydrogen (secondary N) is 1. The van der Waals surface area contributed by atoms with Crippen molar-refractivity contribution in [2.45, 2.75) is 6.42 Å². The van der Waals surface area contributed by atoms with Crippen LogP contribution < -0.4 is 5.48 Å². The highest BCUT2D eigenvalue weighted by atomic mass is 16.7. The fourth-order valence-electron chi connectivity index (χ4n) is 0.524. The molecule has 5 heteroatoms. The van der Waals surface area contributed by atoms with E-state index in [9.17, 15) is 4.79 Å². The summed E-state index contributed by atoms with van der Waals surface area (Å²) in [5.74, 6) is -0.252. The first-order chi connectivity index (χ1) is 5.81. The van der Waals surface area contributed by atoms with Crippen LogP contribution in [0.3, 0.4) is 0 Å². The Morgan fingerprint density at radius 3 is 2.67 bits per heavy atom. The van der Waals surface area contributed by atoms with E-state index in [1.54, 1.807) is 7.11 Å². The first-order valence-corrected chi connectivity index (χ1v) is 3.71. The predicted octanol–water partition coefficient (Wildman–Crippen LogP) is -0.283. The van der Waals surface area contributed by atoms with Gasteiger partial charge in [0, 0.05) is 13.7 Å². The summed E-state index contributed by atoms with van der Waals surface area (Å²) in [6.07, 6.45) is 0.309. The van der Waals surface area contributed by atoms with Crippen LogP contribution in [0.2, 0.25) is 0 Å². The summed E-state index contributed by atoms with van der Waals surface area (Å²) in [5, 5.41) is 0. The fourth-order valence-corrected chi connectivity index (χ4v) is 0.524. The van der Waals surface area contributed by atoms with Crippen LogP contribution in [0.1, 0.15) is 6.42 Å². The molecule has 0 rings (SSSR count). The highest BCUT2D eigenvalue weighted by molar-refractivity contribution is 5.69. The summed E-state index contributed by atoms with van der Waals surface area (Å²) in [6.45, 7) is 1.46. The molecule has 0 saturated carbocycles. The zero-order chi connectivity index (χ0) is 9.23. The van der Waals surface area contributed by atoms with Gasteiger partial charge in [-0.15, -0.1) is 0 Å². The molecule has 0 aromatic heterocycles. The maximum absolute atomic E-state index is 10.6. The maximum atomic E-state index is 10.6. The molecule has 0 radical (unpaired) electrons. The number of hydroxylamine groups is 1. The van der Waals surface area contributed by atoms with Crippen molar-refractivity contribution in [1.82, 2.24) is 5.48 Å². The lowest BCUT2D eigenvalue weighted by Gasteiger charge is -2.03. The minimum Gasteiger partial charge on any atom is -0.469 e. The van der Waals surface area contributed by atoms with Gasteiger partial charge in [-0.1, -0.05) is 0 Å². The topological polar surface area (TPSA) is 56.8 Å². The van der Waals surface area contributed by atoms with Gasteiger partial charge in [-0.25, -0.2) is 5.48 Å². The van der Waals surface area contributed by atoms with Crippen LogP contribution in [0.5, 0.6) is 0 Å². The lowest BCUT2D eigenvalue weighted by atomic mass is 10.4. The molecule has 0 fully saturated rings. The van der Waals surface area contributed by atoms with E-state index in [-0.39, 0.29) is 5.97 Å². The van der Waals surface area contributed by atoms with Gasteiger partial charge in [0.15, 0.2) is 0 Å². The average Bonchev–Trinajstić information content (AvgIpc) is 2.10. The van der Waals surface area contributed by atoms with Crippen LogP contribution in [0, 0.1) is 0 Å². The molecule has 0 heterocycles. The Kier molecular flexibility index (Phi) is 7.99. The zero-order valence-corrected chi connectivity index (χ0v) is 7.46. The standard InChI is InChI=1S/C7H15NO4/c1-10-5-6-12-8-4-3-7(9)11-2/h8H,3-6H2,1-2H3. The lowest BCUT2D eigenvalue weighted by molar-refractivity contribution is -0.141. The van der Waals surface area contributed by atoms with Crippen molar-refractivity contribution in [1.29, 1.82) is 0 Å². The number of hydrogen-bond acceptors (Lipinski definition) is 5. The van der Waals surface area contributed by atoms with Crippen LogP contribution in [0.25, 0.3) is 0 Å². The van der Waals surface area contributed by atoms with Gasteiger partial charge in [0.1, 0.15) is 0 Å². The molecule has 0 unspecified atom stereocenters. The van der Waals surface area contributed by atoms with Crippen LogP contribution in [0.15, 0.2) is 0 Å². The van der Waals surface area contributed by atoms with Crippen molar-refractivity contribution in [3.63, 3.8) is 0 Å². The summed E-state index contributed by atoms with van der Waals surface area (Å²) in [6, 6.07) is 0. The van der Waals surface area contributed by atoms with E-state index < -0.39 is 0 Å². The SMILES string of the molecule is COCCONCCC(=O)OC. The third-order valence-corrected chi connectivity index (χ3v) is 1.15. The molecular weight excluding hydrogens is 162 g/mol. The molecule has 0 saturated heterocycles.